The third-order valence-electron chi connectivity index (χ3n) is 4.65. The minimum atomic E-state index is -0.226. The molecule has 2 heterocycles. The molecule has 0 atom stereocenters. The number of hydrogen-bond donors (Lipinski definition) is 1. The molecule has 2 aromatic carbocycles. The van der Waals surface area contributed by atoms with Gasteiger partial charge in [-0.25, -0.2) is 4.98 Å². The Kier molecular flexibility index (Phi) is 4.39. The van der Waals surface area contributed by atoms with Gasteiger partial charge in [0.15, 0.2) is 11.5 Å². The molecule has 6 nitrogen and oxygen atoms in total. The molecular weight excluding hydrogens is 342 g/mol. The first-order chi connectivity index (χ1) is 13.0. The van der Waals surface area contributed by atoms with E-state index in [0.29, 0.717) is 41.2 Å². The Hall–Kier alpha value is -3.15. The Bertz CT molecular complexity index is 1020. The summed E-state index contributed by atoms with van der Waals surface area (Å²) in [5.74, 6) is 0.753. The third kappa shape index (κ3) is 3.43. The van der Waals surface area contributed by atoms with Crippen molar-refractivity contribution in [1.82, 2.24) is 4.98 Å². The summed E-state index contributed by atoms with van der Waals surface area (Å²) >= 11 is 0. The summed E-state index contributed by atoms with van der Waals surface area (Å²) in [6.07, 6.45) is 1.41. The minimum absolute atomic E-state index is 0.102. The van der Waals surface area contributed by atoms with Crippen molar-refractivity contribution in [3.63, 3.8) is 0 Å². The molecule has 1 fully saturated rings. The van der Waals surface area contributed by atoms with E-state index in [1.54, 1.807) is 35.2 Å². The van der Waals surface area contributed by atoms with Crippen LogP contribution in [0.3, 0.4) is 0 Å². The van der Waals surface area contributed by atoms with Gasteiger partial charge >= 0.3 is 0 Å². The summed E-state index contributed by atoms with van der Waals surface area (Å²) in [7, 11) is 0. The Morgan fingerprint density at radius 1 is 1.22 bits per heavy atom. The molecule has 1 saturated heterocycles. The molecule has 6 heteroatoms. The van der Waals surface area contributed by atoms with Crippen molar-refractivity contribution in [2.24, 2.45) is 0 Å². The van der Waals surface area contributed by atoms with Crippen molar-refractivity contribution < 1.29 is 14.0 Å². The first-order valence-electron chi connectivity index (χ1n) is 9.13. The van der Waals surface area contributed by atoms with Gasteiger partial charge in [0.1, 0.15) is 5.52 Å². The number of nitrogens with one attached hydrogen (secondary N) is 1. The zero-order valence-corrected chi connectivity index (χ0v) is 15.4. The maximum atomic E-state index is 12.7. The standard InChI is InChI=1S/C21H21N3O3/c1-13(2)21-23-17-12-15(8-9-18(17)27-21)22-20(26)14-5-3-6-16(11-14)24-10-4-7-19(24)25/h3,5-6,8-9,11-13H,4,7,10H2,1-2H3,(H,22,26). The van der Waals surface area contributed by atoms with E-state index < -0.39 is 0 Å². The average Bonchev–Trinajstić information content (AvgIpc) is 3.27. The van der Waals surface area contributed by atoms with E-state index in [1.165, 1.54) is 0 Å². The maximum Gasteiger partial charge on any atom is 0.255 e. The number of nitrogens with zero attached hydrogens (tertiary/aromatic N) is 2. The summed E-state index contributed by atoms with van der Waals surface area (Å²) < 4.78 is 5.70. The fraction of sp³-hybridized carbons (Fsp3) is 0.286. The molecule has 1 aliphatic heterocycles. The van der Waals surface area contributed by atoms with Crippen LogP contribution >= 0.6 is 0 Å². The zero-order chi connectivity index (χ0) is 19.0. The highest BCUT2D eigenvalue weighted by molar-refractivity contribution is 6.06. The molecule has 0 unspecified atom stereocenters. The molecule has 1 N–H and O–H groups in total. The van der Waals surface area contributed by atoms with Crippen molar-refractivity contribution in [1.29, 1.82) is 0 Å². The number of benzene rings is 2. The quantitative estimate of drug-likeness (QED) is 0.748. The van der Waals surface area contributed by atoms with Crippen molar-refractivity contribution in [3.05, 3.63) is 53.9 Å². The first kappa shape index (κ1) is 17.3. The summed E-state index contributed by atoms with van der Waals surface area (Å²) in [5.41, 5.74) is 3.34. The highest BCUT2D eigenvalue weighted by Gasteiger charge is 2.22. The summed E-state index contributed by atoms with van der Waals surface area (Å²) in [6.45, 7) is 4.74. The van der Waals surface area contributed by atoms with Gasteiger partial charge < -0.3 is 14.6 Å². The van der Waals surface area contributed by atoms with Gasteiger partial charge in [-0.05, 0) is 42.8 Å². The van der Waals surface area contributed by atoms with Crippen LogP contribution in [-0.2, 0) is 4.79 Å². The average molecular weight is 363 g/mol. The normalized spacial score (nSPS) is 14.3. The molecule has 27 heavy (non-hydrogen) atoms. The van der Waals surface area contributed by atoms with Crippen LogP contribution in [0.1, 0.15) is 48.9 Å². The monoisotopic (exact) mass is 363 g/mol. The van der Waals surface area contributed by atoms with Crippen LogP contribution in [0.25, 0.3) is 11.1 Å². The molecule has 0 radical (unpaired) electrons. The topological polar surface area (TPSA) is 75.4 Å². The Labute approximate surface area is 157 Å². The number of oxazole rings is 1. The van der Waals surface area contributed by atoms with Gasteiger partial charge in [-0.3, -0.25) is 9.59 Å². The van der Waals surface area contributed by atoms with Gasteiger partial charge in [0, 0.05) is 35.8 Å². The molecule has 0 saturated carbocycles. The highest BCUT2D eigenvalue weighted by atomic mass is 16.3. The largest absolute Gasteiger partial charge is 0.440 e. The van der Waals surface area contributed by atoms with Crippen LogP contribution in [0.4, 0.5) is 11.4 Å². The van der Waals surface area contributed by atoms with E-state index >= 15 is 0 Å². The lowest BCUT2D eigenvalue weighted by Crippen LogP contribution is -2.24. The molecule has 0 bridgehead atoms. The van der Waals surface area contributed by atoms with Gasteiger partial charge in [-0.2, -0.15) is 0 Å². The summed E-state index contributed by atoms with van der Waals surface area (Å²) in [4.78, 5) is 30.8. The van der Waals surface area contributed by atoms with E-state index in [9.17, 15) is 9.59 Å². The van der Waals surface area contributed by atoms with Gasteiger partial charge in [0.2, 0.25) is 5.91 Å². The van der Waals surface area contributed by atoms with Gasteiger partial charge in [0.25, 0.3) is 5.91 Å². The van der Waals surface area contributed by atoms with Crippen molar-refractivity contribution in [2.75, 3.05) is 16.8 Å². The highest BCUT2D eigenvalue weighted by Crippen LogP contribution is 2.25. The first-order valence-corrected chi connectivity index (χ1v) is 9.13. The van der Waals surface area contributed by atoms with Crippen molar-refractivity contribution in [2.45, 2.75) is 32.6 Å². The lowest BCUT2D eigenvalue weighted by Gasteiger charge is -2.16. The Morgan fingerprint density at radius 2 is 2.07 bits per heavy atom. The van der Waals surface area contributed by atoms with Crippen LogP contribution in [0, 0.1) is 0 Å². The number of amides is 2. The lowest BCUT2D eigenvalue weighted by atomic mass is 10.1. The predicted molar refractivity (Wildman–Crippen MR) is 104 cm³/mol. The van der Waals surface area contributed by atoms with Crippen LogP contribution in [-0.4, -0.2) is 23.3 Å². The van der Waals surface area contributed by atoms with Crippen molar-refractivity contribution >= 4 is 34.3 Å². The second-order valence-corrected chi connectivity index (χ2v) is 7.04. The third-order valence-corrected chi connectivity index (χ3v) is 4.65. The minimum Gasteiger partial charge on any atom is -0.440 e. The predicted octanol–water partition coefficient (Wildman–Crippen LogP) is 4.33. The summed E-state index contributed by atoms with van der Waals surface area (Å²) in [6, 6.07) is 12.6. The van der Waals surface area contributed by atoms with Gasteiger partial charge in [0.05, 0.1) is 0 Å². The molecule has 2 amide bonds. The number of hydrogen-bond acceptors (Lipinski definition) is 4. The number of carbonyl (C=O) groups excluding carboxylic acids is 2. The van der Waals surface area contributed by atoms with E-state index in [4.69, 9.17) is 4.42 Å². The van der Waals surface area contributed by atoms with Crippen molar-refractivity contribution in [3.8, 4) is 0 Å². The molecule has 138 valence electrons. The van der Waals surface area contributed by atoms with E-state index in [0.717, 1.165) is 12.1 Å². The number of aromatic nitrogens is 1. The zero-order valence-electron chi connectivity index (χ0n) is 15.4. The maximum absolute atomic E-state index is 12.7. The summed E-state index contributed by atoms with van der Waals surface area (Å²) in [5, 5.41) is 2.89. The van der Waals surface area contributed by atoms with E-state index in [1.807, 2.05) is 26.0 Å². The lowest BCUT2D eigenvalue weighted by molar-refractivity contribution is -0.117. The molecule has 0 aliphatic carbocycles. The molecule has 1 aliphatic rings. The van der Waals surface area contributed by atoms with Crippen LogP contribution in [0.5, 0.6) is 0 Å². The van der Waals surface area contributed by atoms with Crippen LogP contribution < -0.4 is 10.2 Å². The fourth-order valence-corrected chi connectivity index (χ4v) is 3.21. The smallest absolute Gasteiger partial charge is 0.255 e. The van der Waals surface area contributed by atoms with Crippen LogP contribution in [0.2, 0.25) is 0 Å². The molecule has 4 rings (SSSR count). The molecule has 1 aromatic heterocycles. The second kappa shape index (κ2) is 6.87. The van der Waals surface area contributed by atoms with E-state index in [2.05, 4.69) is 10.3 Å². The number of anilines is 2. The molecular formula is C21H21N3O3. The Balaban J connectivity index is 1.55. The number of carbonyl (C=O) groups is 2. The van der Waals surface area contributed by atoms with Gasteiger partial charge in [-0.15, -0.1) is 0 Å². The van der Waals surface area contributed by atoms with E-state index in [-0.39, 0.29) is 17.7 Å². The second-order valence-electron chi connectivity index (χ2n) is 7.04. The van der Waals surface area contributed by atoms with Gasteiger partial charge in [-0.1, -0.05) is 19.9 Å². The molecule has 3 aromatic rings. The SMILES string of the molecule is CC(C)c1nc2cc(NC(=O)c3cccc(N4CCCC4=O)c3)ccc2o1. The number of fused-ring (bicyclic) bond motifs is 1. The Morgan fingerprint density at radius 3 is 2.81 bits per heavy atom. The number of rotatable bonds is 4. The molecule has 0 spiro atoms. The fourth-order valence-electron chi connectivity index (χ4n) is 3.21. The van der Waals surface area contributed by atoms with Crippen LogP contribution in [0.15, 0.2) is 46.9 Å².